The third kappa shape index (κ3) is 9.02. The number of benzene rings is 1. The zero-order valence-corrected chi connectivity index (χ0v) is 20.4. The van der Waals surface area contributed by atoms with Crippen LogP contribution in [0.4, 0.5) is 5.69 Å². The van der Waals surface area contributed by atoms with Crippen LogP contribution < -0.4 is 4.90 Å². The first kappa shape index (κ1) is 26.4. The molecule has 0 aliphatic rings. The lowest BCUT2D eigenvalue weighted by Gasteiger charge is -2.27. The lowest BCUT2D eigenvalue weighted by Crippen LogP contribution is -2.30. The molecule has 170 valence electrons. The maximum absolute atomic E-state index is 12.9. The summed E-state index contributed by atoms with van der Waals surface area (Å²) in [6.45, 7) is 10.8. The van der Waals surface area contributed by atoms with Gasteiger partial charge in [-0.05, 0) is 29.4 Å². The van der Waals surface area contributed by atoms with Crippen LogP contribution in [0.3, 0.4) is 0 Å². The molecule has 0 bridgehead atoms. The van der Waals surface area contributed by atoms with Crippen LogP contribution >= 0.6 is 0 Å². The summed E-state index contributed by atoms with van der Waals surface area (Å²) in [6.07, 6.45) is 11.6. The summed E-state index contributed by atoms with van der Waals surface area (Å²) >= 11 is 0. The lowest BCUT2D eigenvalue weighted by atomic mass is 9.92. The monoisotopic (exact) mass is 415 g/mol. The Morgan fingerprint density at radius 2 is 1.27 bits per heavy atom. The minimum absolute atomic E-state index is 0.0114. The third-order valence-electron chi connectivity index (χ3n) is 5.96. The van der Waals surface area contributed by atoms with Gasteiger partial charge in [-0.25, -0.2) is 0 Å². The zero-order chi connectivity index (χ0) is 22.5. The molecular weight excluding hydrogens is 370 g/mol. The number of Topliss-reactive ketones (excluding diaryl/α,β-unsaturated/α-hetero) is 1. The molecule has 0 atom stereocenters. The molecule has 1 amide bonds. The molecule has 0 aliphatic heterocycles. The van der Waals surface area contributed by atoms with Crippen molar-refractivity contribution >= 4 is 17.4 Å². The Morgan fingerprint density at radius 3 is 1.73 bits per heavy atom. The summed E-state index contributed by atoms with van der Waals surface area (Å²) in [6, 6.07) is 6.26. The number of rotatable bonds is 15. The molecule has 0 fully saturated rings. The molecule has 0 saturated heterocycles. The first-order valence-electron chi connectivity index (χ1n) is 12.2. The molecule has 0 N–H and O–H groups in total. The van der Waals surface area contributed by atoms with Crippen molar-refractivity contribution < 1.29 is 9.59 Å². The smallest absolute Gasteiger partial charge is 0.234 e. The highest BCUT2D eigenvalue weighted by Crippen LogP contribution is 2.35. The maximum atomic E-state index is 12.9. The number of anilines is 1. The molecule has 0 aliphatic carbocycles. The molecule has 0 spiro atoms. The van der Waals surface area contributed by atoms with Gasteiger partial charge in [-0.2, -0.15) is 0 Å². The number of unbranched alkanes of at least 4 members (excludes halogenated alkanes) is 8. The van der Waals surface area contributed by atoms with Crippen molar-refractivity contribution in [3.63, 3.8) is 0 Å². The second-order valence-corrected chi connectivity index (χ2v) is 9.34. The zero-order valence-electron chi connectivity index (χ0n) is 20.4. The predicted octanol–water partition coefficient (Wildman–Crippen LogP) is 7.78. The number of hydrogen-bond donors (Lipinski definition) is 0. The van der Waals surface area contributed by atoms with Crippen molar-refractivity contribution in [1.82, 2.24) is 0 Å². The van der Waals surface area contributed by atoms with Gasteiger partial charge in [0.15, 0.2) is 0 Å². The summed E-state index contributed by atoms with van der Waals surface area (Å²) in [7, 11) is 1.82. The number of hydrogen-bond acceptors (Lipinski definition) is 2. The van der Waals surface area contributed by atoms with Gasteiger partial charge in [-0.3, -0.25) is 9.59 Å². The standard InChI is InChI=1S/C27H45NO2/c1-7-8-9-10-11-12-13-14-15-17-23(29)20-26(30)28(6)27-24(21(2)3)18-16-19-25(27)22(4)5/h16,18-19,21-22H,7-15,17,20H2,1-6H3. The van der Waals surface area contributed by atoms with E-state index >= 15 is 0 Å². The van der Waals surface area contributed by atoms with E-state index in [1.54, 1.807) is 4.90 Å². The molecule has 0 unspecified atom stereocenters. The topological polar surface area (TPSA) is 37.4 Å². The molecule has 30 heavy (non-hydrogen) atoms. The van der Waals surface area contributed by atoms with Gasteiger partial charge in [-0.1, -0.05) is 104 Å². The molecule has 1 aromatic rings. The first-order chi connectivity index (χ1) is 14.3. The minimum Gasteiger partial charge on any atom is -0.315 e. The van der Waals surface area contributed by atoms with Crippen molar-refractivity contribution in [3.8, 4) is 0 Å². The van der Waals surface area contributed by atoms with Crippen molar-refractivity contribution in [2.75, 3.05) is 11.9 Å². The van der Waals surface area contributed by atoms with Crippen LogP contribution in [0.15, 0.2) is 18.2 Å². The van der Waals surface area contributed by atoms with Crippen molar-refractivity contribution in [2.24, 2.45) is 0 Å². The second-order valence-electron chi connectivity index (χ2n) is 9.34. The van der Waals surface area contributed by atoms with Gasteiger partial charge in [-0.15, -0.1) is 0 Å². The lowest BCUT2D eigenvalue weighted by molar-refractivity contribution is -0.126. The van der Waals surface area contributed by atoms with Crippen LogP contribution in [0.5, 0.6) is 0 Å². The van der Waals surface area contributed by atoms with Gasteiger partial charge >= 0.3 is 0 Å². The molecule has 0 saturated carbocycles. The molecule has 0 heterocycles. The number of carbonyl (C=O) groups is 2. The quantitative estimate of drug-likeness (QED) is 0.217. The third-order valence-corrected chi connectivity index (χ3v) is 5.96. The van der Waals surface area contributed by atoms with Crippen molar-refractivity contribution in [2.45, 2.75) is 117 Å². The number of nitrogens with zero attached hydrogens (tertiary/aromatic N) is 1. The summed E-state index contributed by atoms with van der Waals surface area (Å²) in [5, 5.41) is 0. The number of para-hydroxylation sites is 1. The average Bonchev–Trinajstić information content (AvgIpc) is 2.71. The van der Waals surface area contributed by atoms with E-state index in [2.05, 4.69) is 52.8 Å². The Kier molecular flexibility index (Phi) is 12.7. The number of amides is 1. The molecule has 1 aromatic carbocycles. The minimum atomic E-state index is -0.0917. The van der Waals surface area contributed by atoms with Crippen LogP contribution in [-0.2, 0) is 9.59 Å². The van der Waals surface area contributed by atoms with E-state index in [-0.39, 0.29) is 18.1 Å². The Morgan fingerprint density at radius 1 is 0.800 bits per heavy atom. The van der Waals surface area contributed by atoms with Crippen LogP contribution in [-0.4, -0.2) is 18.7 Å². The fourth-order valence-corrected chi connectivity index (χ4v) is 4.03. The normalized spacial score (nSPS) is 11.3. The SMILES string of the molecule is CCCCCCCCCCCC(=O)CC(=O)N(C)c1c(C(C)C)cccc1C(C)C. The predicted molar refractivity (Wildman–Crippen MR) is 129 cm³/mol. The first-order valence-corrected chi connectivity index (χ1v) is 12.2. The molecule has 0 aromatic heterocycles. The Balaban J connectivity index is 2.50. The molecule has 0 radical (unpaired) electrons. The van der Waals surface area contributed by atoms with Crippen molar-refractivity contribution in [3.05, 3.63) is 29.3 Å². The van der Waals surface area contributed by atoms with Gasteiger partial charge in [0, 0.05) is 13.5 Å². The highest BCUT2D eigenvalue weighted by Gasteiger charge is 2.22. The van der Waals surface area contributed by atoms with Crippen molar-refractivity contribution in [1.29, 1.82) is 0 Å². The van der Waals surface area contributed by atoms with E-state index in [0.29, 0.717) is 18.3 Å². The van der Waals surface area contributed by atoms with Gasteiger partial charge in [0.25, 0.3) is 0 Å². The van der Waals surface area contributed by atoms with E-state index in [1.165, 1.54) is 56.1 Å². The van der Waals surface area contributed by atoms with Crippen LogP contribution in [0.2, 0.25) is 0 Å². The molecule has 3 nitrogen and oxygen atoms in total. The van der Waals surface area contributed by atoms with E-state index in [1.807, 2.05) is 7.05 Å². The summed E-state index contributed by atoms with van der Waals surface area (Å²) in [5.41, 5.74) is 3.33. The van der Waals surface area contributed by atoms with Crippen LogP contribution in [0.1, 0.15) is 128 Å². The summed E-state index contributed by atoms with van der Waals surface area (Å²) in [5.74, 6) is 0.632. The fraction of sp³-hybridized carbons (Fsp3) is 0.704. The highest BCUT2D eigenvalue weighted by atomic mass is 16.2. The van der Waals surface area contributed by atoms with E-state index in [9.17, 15) is 9.59 Å². The van der Waals surface area contributed by atoms with Gasteiger partial charge in [0.2, 0.25) is 5.91 Å². The Hall–Kier alpha value is -1.64. The highest BCUT2D eigenvalue weighted by molar-refractivity contribution is 6.06. The number of ketones is 1. The van der Waals surface area contributed by atoms with Gasteiger partial charge in [0.1, 0.15) is 5.78 Å². The second kappa shape index (κ2) is 14.4. The van der Waals surface area contributed by atoms with Crippen LogP contribution in [0.25, 0.3) is 0 Å². The molecule has 1 rings (SSSR count). The van der Waals surface area contributed by atoms with Gasteiger partial charge in [0.05, 0.1) is 12.1 Å². The maximum Gasteiger partial charge on any atom is 0.234 e. The summed E-state index contributed by atoms with van der Waals surface area (Å²) < 4.78 is 0. The number of carbonyl (C=O) groups excluding carboxylic acids is 2. The molecular formula is C27H45NO2. The summed E-state index contributed by atoms with van der Waals surface area (Å²) in [4.78, 5) is 27.0. The Labute approximate surface area is 185 Å². The average molecular weight is 416 g/mol. The van der Waals surface area contributed by atoms with E-state index < -0.39 is 0 Å². The molecule has 3 heteroatoms. The van der Waals surface area contributed by atoms with E-state index in [4.69, 9.17) is 0 Å². The largest absolute Gasteiger partial charge is 0.315 e. The van der Waals surface area contributed by atoms with E-state index in [0.717, 1.165) is 18.5 Å². The fourth-order valence-electron chi connectivity index (χ4n) is 4.03. The Bertz CT molecular complexity index is 622. The van der Waals surface area contributed by atoms with Gasteiger partial charge < -0.3 is 4.90 Å². The van der Waals surface area contributed by atoms with Crippen LogP contribution in [0, 0.1) is 0 Å².